The van der Waals surface area contributed by atoms with E-state index in [-0.39, 0.29) is 17.2 Å². The minimum absolute atomic E-state index is 0.0112. The third-order valence-corrected chi connectivity index (χ3v) is 5.66. The van der Waals surface area contributed by atoms with Gasteiger partial charge in [0.1, 0.15) is 5.69 Å². The lowest BCUT2D eigenvalue weighted by atomic mass is 9.73. The van der Waals surface area contributed by atoms with E-state index in [1.54, 1.807) is 18.5 Å². The molecule has 4 heterocycles. The molecule has 2 saturated heterocycles. The highest BCUT2D eigenvalue weighted by Crippen LogP contribution is 2.39. The number of piperidine rings is 2. The molecule has 2 aliphatic rings. The molecule has 6 heteroatoms. The molecule has 2 fully saturated rings. The molecular formula is C21H24N4O2. The van der Waals surface area contributed by atoms with Crippen molar-refractivity contribution in [1.82, 2.24) is 19.8 Å². The fourth-order valence-corrected chi connectivity index (χ4v) is 4.30. The van der Waals surface area contributed by atoms with Crippen molar-refractivity contribution >= 4 is 11.8 Å². The van der Waals surface area contributed by atoms with E-state index in [1.807, 2.05) is 40.1 Å². The minimum Gasteiger partial charge on any atom is -0.337 e. The van der Waals surface area contributed by atoms with Crippen LogP contribution in [0.3, 0.4) is 0 Å². The van der Waals surface area contributed by atoms with Crippen molar-refractivity contribution in [3.8, 4) is 0 Å². The summed E-state index contributed by atoms with van der Waals surface area (Å²) in [5, 5.41) is 0. The van der Waals surface area contributed by atoms with Crippen LogP contribution in [0.1, 0.15) is 41.9 Å². The smallest absolute Gasteiger partial charge is 0.272 e. The van der Waals surface area contributed by atoms with E-state index in [1.165, 1.54) is 0 Å². The maximum atomic E-state index is 12.8. The summed E-state index contributed by atoms with van der Waals surface area (Å²) in [5.41, 5.74) is 1.37. The van der Waals surface area contributed by atoms with E-state index in [0.29, 0.717) is 31.7 Å². The summed E-state index contributed by atoms with van der Waals surface area (Å²) in [7, 11) is 0. The number of carbonyl (C=O) groups is 2. The minimum atomic E-state index is -0.0224. The van der Waals surface area contributed by atoms with Crippen LogP contribution in [0.25, 0.3) is 0 Å². The van der Waals surface area contributed by atoms with Gasteiger partial charge >= 0.3 is 0 Å². The van der Waals surface area contributed by atoms with Gasteiger partial charge in [0.15, 0.2) is 0 Å². The Balaban J connectivity index is 1.48. The molecule has 0 aliphatic carbocycles. The van der Waals surface area contributed by atoms with Gasteiger partial charge in [0.25, 0.3) is 5.91 Å². The van der Waals surface area contributed by atoms with Gasteiger partial charge in [-0.05, 0) is 43.5 Å². The van der Waals surface area contributed by atoms with Crippen LogP contribution in [0.2, 0.25) is 0 Å². The van der Waals surface area contributed by atoms with E-state index in [2.05, 4.69) is 9.97 Å². The fourth-order valence-electron chi connectivity index (χ4n) is 4.30. The average molecular weight is 364 g/mol. The highest BCUT2D eigenvalue weighted by molar-refractivity contribution is 5.92. The molecule has 140 valence electrons. The molecule has 0 aromatic carbocycles. The van der Waals surface area contributed by atoms with Crippen LogP contribution in [-0.2, 0) is 11.3 Å². The Bertz CT molecular complexity index is 805. The molecule has 2 aromatic rings. The molecule has 0 saturated carbocycles. The fraction of sp³-hybridized carbons (Fsp3) is 0.429. The number of carbonyl (C=O) groups excluding carboxylic acids is 2. The van der Waals surface area contributed by atoms with E-state index in [9.17, 15) is 9.59 Å². The van der Waals surface area contributed by atoms with Gasteiger partial charge in [0.05, 0.1) is 12.2 Å². The molecule has 0 bridgehead atoms. The summed E-state index contributed by atoms with van der Waals surface area (Å²) in [6.07, 6.45) is 6.80. The SMILES string of the molecule is O=C1CC[C@@]2(CCCN(C(=O)c3ccccn3)C2)CN1Cc1ccccn1. The molecule has 1 atom stereocenters. The Morgan fingerprint density at radius 2 is 1.85 bits per heavy atom. The van der Waals surface area contributed by atoms with Crippen LogP contribution in [0.15, 0.2) is 48.8 Å². The highest BCUT2D eigenvalue weighted by atomic mass is 16.2. The van der Waals surface area contributed by atoms with Crippen LogP contribution >= 0.6 is 0 Å². The zero-order valence-electron chi connectivity index (χ0n) is 15.4. The van der Waals surface area contributed by atoms with E-state index >= 15 is 0 Å². The van der Waals surface area contributed by atoms with Crippen molar-refractivity contribution in [2.24, 2.45) is 5.41 Å². The Hall–Kier alpha value is -2.76. The topological polar surface area (TPSA) is 66.4 Å². The summed E-state index contributed by atoms with van der Waals surface area (Å²) in [4.78, 5) is 37.7. The van der Waals surface area contributed by atoms with Crippen molar-refractivity contribution in [2.45, 2.75) is 32.2 Å². The van der Waals surface area contributed by atoms with Gasteiger partial charge in [-0.25, -0.2) is 0 Å². The number of rotatable bonds is 3. The lowest BCUT2D eigenvalue weighted by Gasteiger charge is -2.48. The molecular weight excluding hydrogens is 340 g/mol. The summed E-state index contributed by atoms with van der Waals surface area (Å²) < 4.78 is 0. The van der Waals surface area contributed by atoms with Gasteiger partial charge in [0.2, 0.25) is 5.91 Å². The van der Waals surface area contributed by atoms with E-state index in [4.69, 9.17) is 0 Å². The second-order valence-corrected chi connectivity index (χ2v) is 7.62. The quantitative estimate of drug-likeness (QED) is 0.839. The normalized spacial score (nSPS) is 22.9. The van der Waals surface area contributed by atoms with Crippen LogP contribution < -0.4 is 0 Å². The van der Waals surface area contributed by atoms with Crippen LogP contribution in [0, 0.1) is 5.41 Å². The molecule has 1 spiro atoms. The number of hydrogen-bond acceptors (Lipinski definition) is 4. The lowest BCUT2D eigenvalue weighted by Crippen LogP contribution is -2.54. The number of amides is 2. The predicted octanol–water partition coefficient (Wildman–Crippen LogP) is 2.52. The first kappa shape index (κ1) is 17.6. The molecule has 0 N–H and O–H groups in total. The molecule has 2 aromatic heterocycles. The Kier molecular flexibility index (Phi) is 4.88. The molecule has 0 unspecified atom stereocenters. The summed E-state index contributed by atoms with van der Waals surface area (Å²) in [6, 6.07) is 11.2. The second-order valence-electron chi connectivity index (χ2n) is 7.62. The monoisotopic (exact) mass is 364 g/mol. The average Bonchev–Trinajstić information content (AvgIpc) is 2.72. The summed E-state index contributed by atoms with van der Waals surface area (Å²) in [5.74, 6) is 0.169. The van der Waals surface area contributed by atoms with Gasteiger partial charge < -0.3 is 9.80 Å². The van der Waals surface area contributed by atoms with E-state index < -0.39 is 0 Å². The van der Waals surface area contributed by atoms with Crippen molar-refractivity contribution in [2.75, 3.05) is 19.6 Å². The lowest BCUT2D eigenvalue weighted by molar-refractivity contribution is -0.139. The van der Waals surface area contributed by atoms with Crippen molar-refractivity contribution in [3.63, 3.8) is 0 Å². The number of hydrogen-bond donors (Lipinski definition) is 0. The standard InChI is InChI=1S/C21H24N4O2/c26-19-8-10-21(16-25(19)14-17-6-1-3-11-22-17)9-5-13-24(15-21)20(27)18-7-2-4-12-23-18/h1-4,6-7,11-12H,5,8-10,13-16H2/t21-/m1/s1. The van der Waals surface area contributed by atoms with Crippen LogP contribution in [0.5, 0.6) is 0 Å². The third-order valence-electron chi connectivity index (χ3n) is 5.66. The summed E-state index contributed by atoms with van der Waals surface area (Å²) in [6.45, 7) is 2.67. The number of likely N-dealkylation sites (tertiary alicyclic amines) is 2. The van der Waals surface area contributed by atoms with Gasteiger partial charge in [-0.2, -0.15) is 0 Å². The Morgan fingerprint density at radius 1 is 1.04 bits per heavy atom. The number of nitrogens with zero attached hydrogens (tertiary/aromatic N) is 4. The van der Waals surface area contributed by atoms with Crippen molar-refractivity contribution in [1.29, 1.82) is 0 Å². The molecule has 2 amide bonds. The van der Waals surface area contributed by atoms with Gasteiger partial charge in [-0.15, -0.1) is 0 Å². The van der Waals surface area contributed by atoms with Crippen LogP contribution in [0.4, 0.5) is 0 Å². The summed E-state index contributed by atoms with van der Waals surface area (Å²) >= 11 is 0. The first-order valence-corrected chi connectivity index (χ1v) is 9.53. The second kappa shape index (κ2) is 7.47. The molecule has 0 radical (unpaired) electrons. The number of aromatic nitrogens is 2. The first-order chi connectivity index (χ1) is 13.2. The zero-order valence-corrected chi connectivity index (χ0v) is 15.4. The van der Waals surface area contributed by atoms with Gasteiger partial charge in [0, 0.05) is 43.9 Å². The third kappa shape index (κ3) is 3.84. The van der Waals surface area contributed by atoms with E-state index in [0.717, 1.165) is 31.5 Å². The Morgan fingerprint density at radius 3 is 2.59 bits per heavy atom. The molecule has 6 nitrogen and oxygen atoms in total. The Labute approximate surface area is 159 Å². The highest BCUT2D eigenvalue weighted by Gasteiger charge is 2.43. The number of pyridine rings is 2. The molecule has 2 aliphatic heterocycles. The maximum absolute atomic E-state index is 12.8. The predicted molar refractivity (Wildman–Crippen MR) is 101 cm³/mol. The molecule has 4 rings (SSSR count). The largest absolute Gasteiger partial charge is 0.337 e. The van der Waals surface area contributed by atoms with Crippen molar-refractivity contribution < 1.29 is 9.59 Å². The van der Waals surface area contributed by atoms with Gasteiger partial charge in [-0.1, -0.05) is 12.1 Å². The van der Waals surface area contributed by atoms with Crippen molar-refractivity contribution in [3.05, 3.63) is 60.2 Å². The van der Waals surface area contributed by atoms with Gasteiger partial charge in [-0.3, -0.25) is 19.6 Å². The zero-order chi connectivity index (χ0) is 18.7. The first-order valence-electron chi connectivity index (χ1n) is 9.53. The van der Waals surface area contributed by atoms with Crippen LogP contribution in [-0.4, -0.2) is 51.2 Å². The molecule has 27 heavy (non-hydrogen) atoms. The maximum Gasteiger partial charge on any atom is 0.272 e.